The molecule has 0 unspecified atom stereocenters. The number of aryl methyl sites for hydroxylation is 2. The molecule has 0 saturated carbocycles. The predicted molar refractivity (Wildman–Crippen MR) is 112 cm³/mol. The number of ether oxygens (including phenoxy) is 1. The third kappa shape index (κ3) is 6.81. The van der Waals surface area contributed by atoms with Crippen molar-refractivity contribution in [1.29, 1.82) is 0 Å². The quantitative estimate of drug-likeness (QED) is 0.594. The van der Waals surface area contributed by atoms with Crippen LogP contribution in [0.4, 0.5) is 11.4 Å². The van der Waals surface area contributed by atoms with Gasteiger partial charge in [-0.1, -0.05) is 41.1 Å². The summed E-state index contributed by atoms with van der Waals surface area (Å²) in [6.07, 6.45) is 0.695. The number of anilines is 2. The zero-order valence-electron chi connectivity index (χ0n) is 15.9. The van der Waals surface area contributed by atoms with E-state index in [1.807, 2.05) is 50.2 Å². The van der Waals surface area contributed by atoms with E-state index in [-0.39, 0.29) is 18.7 Å². The Morgan fingerprint density at radius 3 is 2.46 bits per heavy atom. The lowest BCUT2D eigenvalue weighted by molar-refractivity contribution is -0.147. The molecule has 0 aliphatic rings. The Hall–Kier alpha value is -2.67. The zero-order chi connectivity index (χ0) is 20.5. The maximum absolute atomic E-state index is 12.0. The van der Waals surface area contributed by atoms with E-state index in [4.69, 9.17) is 4.74 Å². The number of para-hydroxylation sites is 1. The standard InChI is InChI=1S/C21H23BrN2O4/c1-3-15-6-4-5-7-18(15)24-19(25)10-11-21(27)28-13-20(26)23-16-8-9-17(22)14(2)12-16/h4-9,12H,3,10-11,13H2,1-2H3,(H,23,26)(H,24,25). The highest BCUT2D eigenvalue weighted by Gasteiger charge is 2.12. The molecule has 0 radical (unpaired) electrons. The van der Waals surface area contributed by atoms with Gasteiger partial charge in [-0.15, -0.1) is 0 Å². The molecule has 0 fully saturated rings. The fourth-order valence-electron chi connectivity index (χ4n) is 2.52. The van der Waals surface area contributed by atoms with E-state index in [2.05, 4.69) is 26.6 Å². The molecule has 0 spiro atoms. The molecule has 0 aromatic heterocycles. The van der Waals surface area contributed by atoms with Gasteiger partial charge in [0.2, 0.25) is 5.91 Å². The first-order valence-electron chi connectivity index (χ1n) is 8.98. The summed E-state index contributed by atoms with van der Waals surface area (Å²) in [7, 11) is 0. The van der Waals surface area contributed by atoms with Gasteiger partial charge in [-0.25, -0.2) is 0 Å². The van der Waals surface area contributed by atoms with Crippen molar-refractivity contribution in [2.45, 2.75) is 33.1 Å². The van der Waals surface area contributed by atoms with Crippen LogP contribution in [-0.2, 0) is 25.5 Å². The number of hydrogen-bond acceptors (Lipinski definition) is 4. The summed E-state index contributed by atoms with van der Waals surface area (Å²) in [5.41, 5.74) is 3.37. The number of hydrogen-bond donors (Lipinski definition) is 2. The lowest BCUT2D eigenvalue weighted by Gasteiger charge is -2.10. The molecule has 2 amide bonds. The summed E-state index contributed by atoms with van der Waals surface area (Å²) in [5.74, 6) is -1.30. The highest BCUT2D eigenvalue weighted by molar-refractivity contribution is 9.10. The lowest BCUT2D eigenvalue weighted by Crippen LogP contribution is -2.22. The molecule has 0 heterocycles. The van der Waals surface area contributed by atoms with Crippen LogP contribution in [0.5, 0.6) is 0 Å². The minimum atomic E-state index is -0.596. The summed E-state index contributed by atoms with van der Waals surface area (Å²) in [5, 5.41) is 5.45. The first-order valence-corrected chi connectivity index (χ1v) is 9.77. The van der Waals surface area contributed by atoms with Gasteiger partial charge < -0.3 is 15.4 Å². The molecule has 0 bridgehead atoms. The van der Waals surface area contributed by atoms with Crippen LogP contribution in [0.3, 0.4) is 0 Å². The normalized spacial score (nSPS) is 10.2. The van der Waals surface area contributed by atoms with Gasteiger partial charge >= 0.3 is 5.97 Å². The third-order valence-electron chi connectivity index (χ3n) is 4.03. The second-order valence-electron chi connectivity index (χ2n) is 6.23. The average Bonchev–Trinajstić information content (AvgIpc) is 2.68. The van der Waals surface area contributed by atoms with Gasteiger partial charge in [-0.2, -0.15) is 0 Å². The van der Waals surface area contributed by atoms with Crippen LogP contribution in [0.1, 0.15) is 30.9 Å². The monoisotopic (exact) mass is 446 g/mol. The molecule has 2 N–H and O–H groups in total. The molecule has 2 aromatic rings. The predicted octanol–water partition coefficient (Wildman–Crippen LogP) is 4.22. The molecule has 28 heavy (non-hydrogen) atoms. The molecule has 0 saturated heterocycles. The van der Waals surface area contributed by atoms with Crippen molar-refractivity contribution in [3.05, 3.63) is 58.1 Å². The van der Waals surface area contributed by atoms with E-state index < -0.39 is 18.5 Å². The van der Waals surface area contributed by atoms with Crippen molar-refractivity contribution >= 4 is 45.1 Å². The number of amides is 2. The SMILES string of the molecule is CCc1ccccc1NC(=O)CCC(=O)OCC(=O)Nc1ccc(Br)c(C)c1. The van der Waals surface area contributed by atoms with Crippen LogP contribution in [0.2, 0.25) is 0 Å². The van der Waals surface area contributed by atoms with Crippen molar-refractivity contribution in [3.63, 3.8) is 0 Å². The Labute approximate surface area is 172 Å². The van der Waals surface area contributed by atoms with Gasteiger partial charge in [0.15, 0.2) is 6.61 Å². The zero-order valence-corrected chi connectivity index (χ0v) is 17.5. The highest BCUT2D eigenvalue weighted by atomic mass is 79.9. The van der Waals surface area contributed by atoms with E-state index in [1.54, 1.807) is 6.07 Å². The molecule has 0 aliphatic heterocycles. The number of rotatable bonds is 8. The summed E-state index contributed by atoms with van der Waals surface area (Å²) < 4.78 is 5.88. The van der Waals surface area contributed by atoms with Gasteiger partial charge in [0.25, 0.3) is 5.91 Å². The molecule has 0 aliphatic carbocycles. The van der Waals surface area contributed by atoms with Crippen LogP contribution in [-0.4, -0.2) is 24.4 Å². The maximum atomic E-state index is 12.0. The van der Waals surface area contributed by atoms with E-state index in [1.165, 1.54) is 0 Å². The largest absolute Gasteiger partial charge is 0.456 e. The fraction of sp³-hybridized carbons (Fsp3) is 0.286. The van der Waals surface area contributed by atoms with Gasteiger partial charge in [0.1, 0.15) is 0 Å². The Bertz CT molecular complexity index is 867. The van der Waals surface area contributed by atoms with Crippen LogP contribution < -0.4 is 10.6 Å². The van der Waals surface area contributed by atoms with E-state index in [9.17, 15) is 14.4 Å². The van der Waals surface area contributed by atoms with Crippen LogP contribution in [0.15, 0.2) is 46.9 Å². The molecule has 6 nitrogen and oxygen atoms in total. The van der Waals surface area contributed by atoms with Crippen LogP contribution in [0, 0.1) is 6.92 Å². The summed E-state index contributed by atoms with van der Waals surface area (Å²) in [4.78, 5) is 35.7. The molecular formula is C21H23BrN2O4. The Balaban J connectivity index is 1.72. The molecular weight excluding hydrogens is 424 g/mol. The number of halogens is 1. The van der Waals surface area contributed by atoms with Crippen molar-refractivity contribution in [2.75, 3.05) is 17.2 Å². The molecule has 0 atom stereocenters. The first-order chi connectivity index (χ1) is 13.4. The number of carbonyl (C=O) groups excluding carboxylic acids is 3. The minimum absolute atomic E-state index is 0.00952. The number of nitrogens with one attached hydrogen (secondary N) is 2. The van der Waals surface area contributed by atoms with E-state index >= 15 is 0 Å². The highest BCUT2D eigenvalue weighted by Crippen LogP contribution is 2.20. The molecule has 7 heteroatoms. The van der Waals surface area contributed by atoms with Crippen molar-refractivity contribution < 1.29 is 19.1 Å². The Morgan fingerprint density at radius 1 is 1.00 bits per heavy atom. The van der Waals surface area contributed by atoms with E-state index in [0.717, 1.165) is 27.7 Å². The fourth-order valence-corrected chi connectivity index (χ4v) is 2.76. The summed E-state index contributed by atoms with van der Waals surface area (Å²) in [6, 6.07) is 12.9. The van der Waals surface area contributed by atoms with Gasteiger partial charge in [0.05, 0.1) is 6.42 Å². The maximum Gasteiger partial charge on any atom is 0.306 e. The summed E-state index contributed by atoms with van der Waals surface area (Å²) in [6.45, 7) is 3.51. The first kappa shape index (κ1) is 21.6. The number of benzene rings is 2. The smallest absolute Gasteiger partial charge is 0.306 e. The summed E-state index contributed by atoms with van der Waals surface area (Å²) >= 11 is 3.39. The second kappa shape index (κ2) is 10.6. The Kier molecular flexibility index (Phi) is 8.19. The topological polar surface area (TPSA) is 84.5 Å². The second-order valence-corrected chi connectivity index (χ2v) is 7.09. The van der Waals surface area contributed by atoms with Crippen molar-refractivity contribution in [2.24, 2.45) is 0 Å². The van der Waals surface area contributed by atoms with Crippen molar-refractivity contribution in [1.82, 2.24) is 0 Å². The minimum Gasteiger partial charge on any atom is -0.456 e. The van der Waals surface area contributed by atoms with E-state index in [0.29, 0.717) is 5.69 Å². The van der Waals surface area contributed by atoms with Gasteiger partial charge in [-0.3, -0.25) is 14.4 Å². The van der Waals surface area contributed by atoms with Crippen molar-refractivity contribution in [3.8, 4) is 0 Å². The third-order valence-corrected chi connectivity index (χ3v) is 4.92. The molecule has 148 valence electrons. The van der Waals surface area contributed by atoms with Gasteiger partial charge in [0, 0.05) is 22.3 Å². The lowest BCUT2D eigenvalue weighted by atomic mass is 10.1. The van der Waals surface area contributed by atoms with Gasteiger partial charge in [-0.05, 0) is 48.7 Å². The Morgan fingerprint density at radius 2 is 1.75 bits per heavy atom. The number of carbonyl (C=O) groups is 3. The van der Waals surface area contributed by atoms with Crippen LogP contribution >= 0.6 is 15.9 Å². The average molecular weight is 447 g/mol. The molecule has 2 aromatic carbocycles. The molecule has 2 rings (SSSR count). The van der Waals surface area contributed by atoms with Crippen LogP contribution in [0.25, 0.3) is 0 Å². The number of esters is 1.